The van der Waals surface area contributed by atoms with Crippen LogP contribution in [0.4, 0.5) is 6.01 Å². The number of ether oxygens (including phenoxy) is 1. The molecule has 21 heavy (non-hydrogen) atoms. The Labute approximate surface area is 124 Å². The van der Waals surface area contributed by atoms with Crippen LogP contribution in [0.3, 0.4) is 0 Å². The van der Waals surface area contributed by atoms with Crippen LogP contribution in [-0.4, -0.2) is 34.4 Å². The Morgan fingerprint density at radius 2 is 2.19 bits per heavy atom. The molecule has 6 heteroatoms. The Balaban J connectivity index is 1.46. The van der Waals surface area contributed by atoms with Crippen LogP contribution < -0.4 is 4.90 Å². The smallest absolute Gasteiger partial charge is 0.318 e. The fourth-order valence-electron chi connectivity index (χ4n) is 2.43. The minimum Gasteiger partial charge on any atom is -0.408 e. The van der Waals surface area contributed by atoms with Crippen molar-refractivity contribution in [1.29, 1.82) is 0 Å². The first-order valence-corrected chi connectivity index (χ1v) is 7.43. The first kappa shape index (κ1) is 14.0. The molecule has 1 aliphatic heterocycles. The summed E-state index contributed by atoms with van der Waals surface area (Å²) >= 11 is 0. The fraction of sp³-hybridized carbons (Fsp3) is 0.533. The van der Waals surface area contributed by atoms with Gasteiger partial charge in [-0.2, -0.15) is 0 Å². The molecule has 0 saturated carbocycles. The number of pyridine rings is 1. The third-order valence-corrected chi connectivity index (χ3v) is 3.68. The molecule has 0 N–H and O–H groups in total. The second kappa shape index (κ2) is 6.67. The van der Waals surface area contributed by atoms with Gasteiger partial charge in [0.05, 0.1) is 12.7 Å². The van der Waals surface area contributed by atoms with Crippen molar-refractivity contribution in [2.45, 2.75) is 38.9 Å². The summed E-state index contributed by atoms with van der Waals surface area (Å²) in [6, 6.07) is 4.60. The lowest BCUT2D eigenvalue weighted by Crippen LogP contribution is -2.37. The summed E-state index contributed by atoms with van der Waals surface area (Å²) in [5.41, 5.74) is 1.12. The van der Waals surface area contributed by atoms with E-state index >= 15 is 0 Å². The van der Waals surface area contributed by atoms with Crippen LogP contribution in [0.2, 0.25) is 0 Å². The van der Waals surface area contributed by atoms with Gasteiger partial charge in [-0.3, -0.25) is 4.98 Å². The lowest BCUT2D eigenvalue weighted by molar-refractivity contribution is 0.0245. The van der Waals surface area contributed by atoms with Crippen LogP contribution >= 0.6 is 0 Å². The first-order chi connectivity index (χ1) is 10.3. The maximum Gasteiger partial charge on any atom is 0.318 e. The molecule has 0 radical (unpaired) electrons. The highest BCUT2D eigenvalue weighted by Gasteiger charge is 2.23. The Hall–Kier alpha value is -1.95. The predicted octanol–water partition coefficient (Wildman–Crippen LogP) is 2.21. The van der Waals surface area contributed by atoms with E-state index in [4.69, 9.17) is 9.15 Å². The van der Waals surface area contributed by atoms with Gasteiger partial charge in [0.25, 0.3) is 0 Å². The number of rotatable bonds is 5. The van der Waals surface area contributed by atoms with Crippen molar-refractivity contribution in [3.05, 3.63) is 36.0 Å². The van der Waals surface area contributed by atoms with Crippen molar-refractivity contribution in [3.63, 3.8) is 0 Å². The van der Waals surface area contributed by atoms with Crippen LogP contribution in [-0.2, 0) is 17.8 Å². The van der Waals surface area contributed by atoms with E-state index in [1.54, 1.807) is 6.20 Å². The number of hydrogen-bond donors (Lipinski definition) is 0. The number of piperidine rings is 1. The molecule has 0 aromatic carbocycles. The van der Waals surface area contributed by atoms with Crippen molar-refractivity contribution in [3.8, 4) is 0 Å². The quantitative estimate of drug-likeness (QED) is 0.840. The molecule has 2 aromatic heterocycles. The number of aryl methyl sites for hydroxylation is 1. The summed E-state index contributed by atoms with van der Waals surface area (Å²) in [6.07, 6.45) is 6.64. The molecule has 0 atom stereocenters. The van der Waals surface area contributed by atoms with E-state index in [2.05, 4.69) is 20.1 Å². The highest BCUT2D eigenvalue weighted by molar-refractivity contribution is 5.24. The van der Waals surface area contributed by atoms with E-state index < -0.39 is 0 Å². The van der Waals surface area contributed by atoms with Gasteiger partial charge in [0.1, 0.15) is 0 Å². The molecule has 2 aromatic rings. The SMILES string of the molecule is CCc1nnc(N2CCC(OCc3cccnc3)CC2)o1. The third-order valence-electron chi connectivity index (χ3n) is 3.68. The van der Waals surface area contributed by atoms with E-state index in [0.717, 1.165) is 37.9 Å². The zero-order valence-electron chi connectivity index (χ0n) is 12.2. The summed E-state index contributed by atoms with van der Waals surface area (Å²) in [7, 11) is 0. The third kappa shape index (κ3) is 3.58. The van der Waals surface area contributed by atoms with Crippen molar-refractivity contribution in [2.75, 3.05) is 18.0 Å². The summed E-state index contributed by atoms with van der Waals surface area (Å²) < 4.78 is 11.5. The molecule has 6 nitrogen and oxygen atoms in total. The Bertz CT molecular complexity index is 550. The topological polar surface area (TPSA) is 64.3 Å². The van der Waals surface area contributed by atoms with E-state index in [1.165, 1.54) is 0 Å². The second-order valence-corrected chi connectivity index (χ2v) is 5.19. The molecule has 1 saturated heterocycles. The number of hydrogen-bond acceptors (Lipinski definition) is 6. The lowest BCUT2D eigenvalue weighted by Gasteiger charge is -2.30. The molecule has 1 fully saturated rings. The molecule has 0 amide bonds. The molecule has 3 rings (SSSR count). The van der Waals surface area contributed by atoms with Gasteiger partial charge in [-0.1, -0.05) is 18.1 Å². The standard InChI is InChI=1S/C15H20N4O2/c1-2-14-17-18-15(21-14)19-8-5-13(6-9-19)20-11-12-4-3-7-16-10-12/h3-4,7,10,13H,2,5-6,8-9,11H2,1H3. The molecule has 0 bridgehead atoms. The molecule has 0 aliphatic carbocycles. The number of nitrogens with zero attached hydrogens (tertiary/aromatic N) is 4. The Morgan fingerprint density at radius 1 is 1.33 bits per heavy atom. The molecule has 1 aliphatic rings. The summed E-state index contributed by atoms with van der Waals surface area (Å²) in [6.45, 7) is 4.42. The van der Waals surface area contributed by atoms with Gasteiger partial charge in [0, 0.05) is 31.9 Å². The van der Waals surface area contributed by atoms with E-state index in [-0.39, 0.29) is 6.10 Å². The van der Waals surface area contributed by atoms with E-state index in [0.29, 0.717) is 18.5 Å². The first-order valence-electron chi connectivity index (χ1n) is 7.43. The minimum absolute atomic E-state index is 0.287. The van der Waals surface area contributed by atoms with Crippen LogP contribution in [0.1, 0.15) is 31.2 Å². The van der Waals surface area contributed by atoms with Gasteiger partial charge < -0.3 is 14.1 Å². The average molecular weight is 288 g/mol. The van der Waals surface area contributed by atoms with Gasteiger partial charge in [0.15, 0.2) is 0 Å². The highest BCUT2D eigenvalue weighted by atomic mass is 16.5. The largest absolute Gasteiger partial charge is 0.408 e. The van der Waals surface area contributed by atoms with Crippen molar-refractivity contribution in [2.24, 2.45) is 0 Å². The van der Waals surface area contributed by atoms with Crippen LogP contribution in [0.25, 0.3) is 0 Å². The summed E-state index contributed by atoms with van der Waals surface area (Å²) in [4.78, 5) is 6.23. The average Bonchev–Trinajstić information content (AvgIpc) is 3.03. The summed E-state index contributed by atoms with van der Waals surface area (Å²) in [5, 5.41) is 8.10. The predicted molar refractivity (Wildman–Crippen MR) is 77.9 cm³/mol. The number of aromatic nitrogens is 3. The zero-order valence-corrected chi connectivity index (χ0v) is 12.2. The number of anilines is 1. The lowest BCUT2D eigenvalue weighted by atomic mass is 10.1. The zero-order chi connectivity index (χ0) is 14.5. The monoisotopic (exact) mass is 288 g/mol. The molecular weight excluding hydrogens is 268 g/mol. The Morgan fingerprint density at radius 3 is 2.86 bits per heavy atom. The van der Waals surface area contributed by atoms with Crippen molar-refractivity contribution < 1.29 is 9.15 Å². The van der Waals surface area contributed by atoms with Crippen molar-refractivity contribution >= 4 is 6.01 Å². The Kier molecular flexibility index (Phi) is 4.45. The molecular formula is C15H20N4O2. The van der Waals surface area contributed by atoms with Crippen LogP contribution in [0.15, 0.2) is 28.9 Å². The van der Waals surface area contributed by atoms with E-state index in [1.807, 2.05) is 25.3 Å². The van der Waals surface area contributed by atoms with Gasteiger partial charge in [-0.25, -0.2) is 0 Å². The van der Waals surface area contributed by atoms with Gasteiger partial charge in [-0.15, -0.1) is 5.10 Å². The van der Waals surface area contributed by atoms with Crippen LogP contribution in [0.5, 0.6) is 0 Å². The molecule has 0 unspecified atom stereocenters. The minimum atomic E-state index is 0.287. The van der Waals surface area contributed by atoms with Crippen molar-refractivity contribution in [1.82, 2.24) is 15.2 Å². The van der Waals surface area contributed by atoms with Gasteiger partial charge in [0.2, 0.25) is 5.89 Å². The normalized spacial score (nSPS) is 16.3. The maximum absolute atomic E-state index is 5.95. The highest BCUT2D eigenvalue weighted by Crippen LogP contribution is 2.21. The molecule has 0 spiro atoms. The van der Waals surface area contributed by atoms with Crippen LogP contribution in [0, 0.1) is 0 Å². The van der Waals surface area contributed by atoms with Gasteiger partial charge >= 0.3 is 6.01 Å². The maximum atomic E-state index is 5.95. The van der Waals surface area contributed by atoms with Gasteiger partial charge in [-0.05, 0) is 24.5 Å². The van der Waals surface area contributed by atoms with E-state index in [9.17, 15) is 0 Å². The molecule has 3 heterocycles. The summed E-state index contributed by atoms with van der Waals surface area (Å²) in [5.74, 6) is 0.694. The second-order valence-electron chi connectivity index (χ2n) is 5.19. The fourth-order valence-corrected chi connectivity index (χ4v) is 2.43. The molecule has 112 valence electrons.